The highest BCUT2D eigenvalue weighted by Gasteiger charge is 2.39. The number of sulfone groups is 1. The Hall–Kier alpha value is -5.19. The quantitative estimate of drug-likeness (QED) is 0.160. The minimum atomic E-state index is -4.19. The fraction of sp³-hybridized carbons (Fsp3) is 0.523. The molecule has 1 N–H and O–H groups in total. The summed E-state index contributed by atoms with van der Waals surface area (Å²) in [4.78, 5) is 46.0. The second-order valence-corrected chi connectivity index (χ2v) is 20.8. The van der Waals surface area contributed by atoms with Gasteiger partial charge in [-0.05, 0) is 132 Å². The predicted octanol–water partition coefficient (Wildman–Crippen LogP) is 10.4. The third-order valence-electron chi connectivity index (χ3n) is 9.57. The maximum absolute atomic E-state index is 16.6. The van der Waals surface area contributed by atoms with Crippen LogP contribution in [0.1, 0.15) is 130 Å². The van der Waals surface area contributed by atoms with Gasteiger partial charge in [0.1, 0.15) is 39.9 Å². The molecule has 0 radical (unpaired) electrons. The third kappa shape index (κ3) is 11.8. The molecule has 1 fully saturated rings. The predicted molar refractivity (Wildman–Crippen MR) is 225 cm³/mol. The van der Waals surface area contributed by atoms with Crippen molar-refractivity contribution in [2.75, 3.05) is 4.90 Å². The van der Waals surface area contributed by atoms with Crippen molar-refractivity contribution in [1.82, 2.24) is 20.1 Å². The zero-order valence-corrected chi connectivity index (χ0v) is 37.4. The highest BCUT2D eigenvalue weighted by atomic mass is 32.2. The molecule has 2 heterocycles. The lowest BCUT2D eigenvalue weighted by molar-refractivity contribution is 0.0425. The van der Waals surface area contributed by atoms with Crippen molar-refractivity contribution in [3.63, 3.8) is 0 Å². The number of amides is 3. The highest BCUT2D eigenvalue weighted by Crippen LogP contribution is 2.44. The molecular weight excluding hydrogens is 816 g/mol. The van der Waals surface area contributed by atoms with Gasteiger partial charge < -0.3 is 19.5 Å². The van der Waals surface area contributed by atoms with Gasteiger partial charge in [-0.2, -0.15) is 10.00 Å². The highest BCUT2D eigenvalue weighted by molar-refractivity contribution is 7.89. The van der Waals surface area contributed by atoms with E-state index < -0.39 is 91.0 Å². The average molecular weight is 872 g/mol. The first-order chi connectivity index (χ1) is 28.1. The lowest BCUT2D eigenvalue weighted by Crippen LogP contribution is -2.44. The van der Waals surface area contributed by atoms with Gasteiger partial charge in [0.05, 0.1) is 22.4 Å². The second kappa shape index (κ2) is 17.7. The summed E-state index contributed by atoms with van der Waals surface area (Å²) in [6.45, 7) is 18.6. The van der Waals surface area contributed by atoms with E-state index in [0.717, 1.165) is 18.2 Å². The first-order valence-electron chi connectivity index (χ1n) is 20.2. The Kier molecular flexibility index (Phi) is 13.6. The van der Waals surface area contributed by atoms with E-state index in [4.69, 9.17) is 19.3 Å². The van der Waals surface area contributed by atoms with Gasteiger partial charge in [0.2, 0.25) is 0 Å². The Morgan fingerprint density at radius 2 is 1.36 bits per heavy atom. The van der Waals surface area contributed by atoms with E-state index in [2.05, 4.69) is 10.3 Å². The smallest absolute Gasteiger partial charge is 0.425 e. The summed E-state index contributed by atoms with van der Waals surface area (Å²) < 4.78 is 91.8. The number of nitrogens with zero attached hydrogens (tertiary/aromatic N) is 4. The van der Waals surface area contributed by atoms with Gasteiger partial charge >= 0.3 is 18.3 Å². The summed E-state index contributed by atoms with van der Waals surface area (Å²) in [7, 11) is -4.19. The van der Waals surface area contributed by atoms with Crippen LogP contribution in [0.15, 0.2) is 42.6 Å². The summed E-state index contributed by atoms with van der Waals surface area (Å²) in [5, 5.41) is 7.74. The van der Waals surface area contributed by atoms with Crippen LogP contribution >= 0.6 is 0 Å². The maximum atomic E-state index is 16.6. The van der Waals surface area contributed by atoms with Crippen LogP contribution in [-0.4, -0.2) is 64.3 Å². The number of anilines is 1. The Morgan fingerprint density at radius 1 is 0.803 bits per heavy atom. The van der Waals surface area contributed by atoms with Crippen LogP contribution in [0.5, 0.6) is 0 Å². The van der Waals surface area contributed by atoms with Crippen LogP contribution in [-0.2, 0) is 35.6 Å². The van der Waals surface area contributed by atoms with Gasteiger partial charge in [-0.1, -0.05) is 18.2 Å². The van der Waals surface area contributed by atoms with Gasteiger partial charge in [0, 0.05) is 35.0 Å². The molecule has 1 aliphatic carbocycles. The SMILES string of the molecule is CC(C)n1nc(-c2cc(F)c(CS(=O)(=O)Cc3ccccc3F)cc2F)c2c(N(C(=O)OC(C)(C)C)C(=O)OC(C)(C)C)ncc(C3CCC(NC(=O)OC(C)(C)C)CC3)c21. The number of pyridine rings is 1. The first kappa shape index (κ1) is 46.9. The Bertz CT molecular complexity index is 2380. The molecule has 13 nitrogen and oxygen atoms in total. The number of carbonyl (C=O) groups excluding carboxylic acids is 3. The monoisotopic (exact) mass is 871 g/mol. The lowest BCUT2D eigenvalue weighted by atomic mass is 9.81. The number of aromatic nitrogens is 3. The zero-order chi connectivity index (χ0) is 45.4. The van der Waals surface area contributed by atoms with Crippen LogP contribution in [0.2, 0.25) is 0 Å². The van der Waals surface area contributed by atoms with Crippen molar-refractivity contribution in [2.45, 2.75) is 148 Å². The molecule has 3 amide bonds. The molecule has 0 aliphatic heterocycles. The zero-order valence-electron chi connectivity index (χ0n) is 36.6. The Morgan fingerprint density at radius 3 is 1.90 bits per heavy atom. The number of halogens is 3. The van der Waals surface area contributed by atoms with Crippen LogP contribution in [0.4, 0.5) is 33.4 Å². The van der Waals surface area contributed by atoms with Gasteiger partial charge in [-0.15, -0.1) is 0 Å². The average Bonchev–Trinajstić information content (AvgIpc) is 3.50. The van der Waals surface area contributed by atoms with Gasteiger partial charge in [0.25, 0.3) is 0 Å². The van der Waals surface area contributed by atoms with Gasteiger partial charge in [0.15, 0.2) is 15.7 Å². The number of imide groups is 1. The molecule has 2 aromatic carbocycles. The minimum Gasteiger partial charge on any atom is -0.444 e. The molecule has 0 saturated heterocycles. The van der Waals surface area contributed by atoms with E-state index in [1.54, 1.807) is 67.0 Å². The van der Waals surface area contributed by atoms with Crippen LogP contribution in [0.3, 0.4) is 0 Å². The Labute approximate surface area is 355 Å². The first-order valence-corrected chi connectivity index (χ1v) is 22.0. The van der Waals surface area contributed by atoms with E-state index >= 15 is 8.78 Å². The van der Waals surface area contributed by atoms with Crippen LogP contribution in [0, 0.1) is 17.5 Å². The molecule has 17 heteroatoms. The van der Waals surface area contributed by atoms with E-state index in [9.17, 15) is 27.2 Å². The van der Waals surface area contributed by atoms with E-state index in [1.807, 2.05) is 13.8 Å². The number of hydrogen-bond donors (Lipinski definition) is 1. The number of ether oxygens (including phenoxy) is 3. The third-order valence-corrected chi connectivity index (χ3v) is 11.1. The Balaban J connectivity index is 1.69. The molecule has 1 saturated carbocycles. The summed E-state index contributed by atoms with van der Waals surface area (Å²) in [6, 6.07) is 6.25. The van der Waals surface area contributed by atoms with Crippen molar-refractivity contribution < 1.29 is 50.2 Å². The molecule has 0 spiro atoms. The normalized spacial score (nSPS) is 16.4. The number of fused-ring (bicyclic) bond motifs is 1. The molecular formula is C44H56F3N5O8S. The largest absolute Gasteiger partial charge is 0.444 e. The second-order valence-electron chi connectivity index (χ2n) is 18.7. The van der Waals surface area contributed by atoms with E-state index in [1.165, 1.54) is 24.4 Å². The number of carbonyl (C=O) groups is 3. The van der Waals surface area contributed by atoms with Crippen LogP contribution < -0.4 is 10.2 Å². The summed E-state index contributed by atoms with van der Waals surface area (Å²) in [5.41, 5.74) is -3.05. The number of alkyl carbamates (subject to hydrolysis) is 1. The van der Waals surface area contributed by atoms with Crippen molar-refractivity contribution in [1.29, 1.82) is 0 Å². The van der Waals surface area contributed by atoms with Crippen molar-refractivity contribution >= 4 is 44.8 Å². The number of rotatable bonds is 9. The fourth-order valence-electron chi connectivity index (χ4n) is 7.12. The van der Waals surface area contributed by atoms with Crippen LogP contribution in [0.25, 0.3) is 22.2 Å². The molecule has 0 unspecified atom stereocenters. The van der Waals surface area contributed by atoms with Gasteiger partial charge in [-0.25, -0.2) is 41.0 Å². The number of nitrogens with one attached hydrogen (secondary N) is 1. The lowest BCUT2D eigenvalue weighted by Gasteiger charge is -2.31. The number of benzene rings is 2. The molecule has 1 aliphatic rings. The fourth-order valence-corrected chi connectivity index (χ4v) is 8.62. The van der Waals surface area contributed by atoms with E-state index in [-0.39, 0.29) is 34.4 Å². The number of hydrogen-bond acceptors (Lipinski definition) is 10. The van der Waals surface area contributed by atoms with Crippen molar-refractivity contribution in [3.05, 3.63) is 76.7 Å². The maximum Gasteiger partial charge on any atom is 0.425 e. The summed E-state index contributed by atoms with van der Waals surface area (Å²) >= 11 is 0. The topological polar surface area (TPSA) is 159 Å². The summed E-state index contributed by atoms with van der Waals surface area (Å²) in [6.07, 6.45) is 0.962. The van der Waals surface area contributed by atoms with Crippen molar-refractivity contribution in [3.8, 4) is 11.3 Å². The molecule has 4 aromatic rings. The van der Waals surface area contributed by atoms with Crippen molar-refractivity contribution in [2.24, 2.45) is 0 Å². The van der Waals surface area contributed by atoms with Gasteiger partial charge in [-0.3, -0.25) is 4.68 Å². The summed E-state index contributed by atoms with van der Waals surface area (Å²) in [5.74, 6) is -5.07. The standard InChI is InChI=1S/C44H56F3N5O8S/c1-25(2)52-37-31(26-16-18-29(19-17-26)49-39(53)58-42(3,4)5)22-48-38(51(40(54)59-43(6,7)8)41(55)60-44(9,10)11)35(37)36(50-52)30-21-33(46)28(20-34(30)47)24-61(56,57)23-27-14-12-13-15-32(27)45/h12-15,20-22,25-26,29H,16-19,23-24H2,1-11H3,(H,49,53). The molecule has 5 rings (SSSR count). The minimum absolute atomic E-state index is 0.00939. The molecule has 2 aromatic heterocycles. The molecule has 0 bridgehead atoms. The molecule has 0 atom stereocenters. The molecule has 61 heavy (non-hydrogen) atoms. The van der Waals surface area contributed by atoms with E-state index in [0.29, 0.717) is 41.7 Å². The molecule has 332 valence electrons.